The number of halogens is 4. The van der Waals surface area contributed by atoms with Crippen LogP contribution in [0.3, 0.4) is 0 Å². The second kappa shape index (κ2) is 10.8. The number of H-pyrrole nitrogens is 1. The van der Waals surface area contributed by atoms with Crippen molar-refractivity contribution in [2.45, 2.75) is 38.9 Å². The van der Waals surface area contributed by atoms with E-state index in [4.69, 9.17) is 8.97 Å². The van der Waals surface area contributed by atoms with E-state index >= 15 is 0 Å². The van der Waals surface area contributed by atoms with E-state index in [1.165, 1.54) is 17.7 Å². The molecule has 8 nitrogen and oxygen atoms in total. The minimum Gasteiger partial charge on any atom is -0.444 e. The van der Waals surface area contributed by atoms with E-state index in [1.54, 1.807) is 6.20 Å². The maximum absolute atomic E-state index is 11.0. The molecule has 1 aromatic carbocycles. The monoisotopic (exact) mass is 496 g/mol. The molecular weight excluding hydrogens is 473 g/mol. The minimum atomic E-state index is -4.91. The Morgan fingerprint density at radius 1 is 1.12 bits per heavy atom. The lowest BCUT2D eigenvalue weighted by Gasteiger charge is -2.18. The second-order valence-electron chi connectivity index (χ2n) is 7.66. The number of alkyl halides is 3. The quantitative estimate of drug-likeness (QED) is 0.432. The zero-order valence-corrected chi connectivity index (χ0v) is 19.1. The van der Waals surface area contributed by atoms with Gasteiger partial charge in [-0.2, -0.15) is 26.7 Å². The van der Waals surface area contributed by atoms with Crippen LogP contribution in [0.15, 0.2) is 47.5 Å². The van der Waals surface area contributed by atoms with Crippen molar-refractivity contribution in [3.8, 4) is 11.3 Å². The van der Waals surface area contributed by atoms with E-state index in [0.717, 1.165) is 23.6 Å². The van der Waals surface area contributed by atoms with E-state index in [0.29, 0.717) is 0 Å². The summed E-state index contributed by atoms with van der Waals surface area (Å²) in [6.45, 7) is 7.27. The third kappa shape index (κ3) is 9.28. The van der Waals surface area contributed by atoms with Gasteiger partial charge in [0.15, 0.2) is 17.9 Å². The molecule has 0 amide bonds. The highest BCUT2D eigenvalue weighted by atomic mass is 35.5. The standard InChI is InChI=1S/C17H20N4O.C2H3F3O3S.ClH/c1-17(2,3)16-13(9-20-21-16)8-19-14-6-4-12(5-7-14)15-10-18-11-22-15;3-2(4,5)1-9(6,7)8;/h4-7,9-11,19H,8H2,1-3H3,(H,20,21);1H2,(H,6,7,8);1H. The Kier molecular flexibility index (Phi) is 9.30. The average Bonchev–Trinajstić information content (AvgIpc) is 3.29. The third-order valence-corrected chi connectivity index (χ3v) is 4.59. The van der Waals surface area contributed by atoms with Crippen molar-refractivity contribution in [1.82, 2.24) is 15.2 Å². The summed E-state index contributed by atoms with van der Waals surface area (Å²) in [6.07, 6.45) is 0.183. The highest BCUT2D eigenvalue weighted by Gasteiger charge is 2.33. The Balaban J connectivity index is 0.000000440. The molecule has 2 aromatic heterocycles. The summed E-state index contributed by atoms with van der Waals surface area (Å²) in [6, 6.07) is 8.11. The molecule has 32 heavy (non-hydrogen) atoms. The first-order chi connectivity index (χ1) is 14.2. The van der Waals surface area contributed by atoms with Crippen molar-refractivity contribution in [3.63, 3.8) is 0 Å². The molecule has 0 aliphatic heterocycles. The summed E-state index contributed by atoms with van der Waals surface area (Å²) < 4.78 is 64.9. The van der Waals surface area contributed by atoms with Crippen LogP contribution in [0.5, 0.6) is 0 Å². The lowest BCUT2D eigenvalue weighted by molar-refractivity contribution is -0.107. The Bertz CT molecular complexity index is 1060. The summed E-state index contributed by atoms with van der Waals surface area (Å²) in [5.74, 6) is -1.41. The summed E-state index contributed by atoms with van der Waals surface area (Å²) in [5.41, 5.74) is 4.49. The third-order valence-electron chi connectivity index (χ3n) is 3.90. The van der Waals surface area contributed by atoms with Crippen molar-refractivity contribution in [3.05, 3.63) is 54.3 Å². The molecule has 0 spiro atoms. The first-order valence-electron chi connectivity index (χ1n) is 9.02. The van der Waals surface area contributed by atoms with Gasteiger partial charge in [0.25, 0.3) is 10.1 Å². The zero-order valence-electron chi connectivity index (χ0n) is 17.5. The van der Waals surface area contributed by atoms with Crippen LogP contribution in [0.2, 0.25) is 0 Å². The predicted octanol–water partition coefficient (Wildman–Crippen LogP) is 4.83. The Morgan fingerprint density at radius 2 is 1.75 bits per heavy atom. The summed E-state index contributed by atoms with van der Waals surface area (Å²) in [7, 11) is -4.91. The molecule has 0 saturated carbocycles. The number of hydrogen-bond donors (Lipinski definition) is 3. The predicted molar refractivity (Wildman–Crippen MR) is 116 cm³/mol. The first-order valence-corrected chi connectivity index (χ1v) is 10.6. The van der Waals surface area contributed by atoms with Gasteiger partial charge >= 0.3 is 6.18 Å². The molecule has 0 aliphatic carbocycles. The van der Waals surface area contributed by atoms with Gasteiger partial charge in [0.2, 0.25) is 0 Å². The fraction of sp³-hybridized carbons (Fsp3) is 0.368. The topological polar surface area (TPSA) is 121 Å². The zero-order chi connectivity index (χ0) is 23.3. The number of benzene rings is 1. The molecule has 0 unspecified atom stereocenters. The van der Waals surface area contributed by atoms with Gasteiger partial charge in [0, 0.05) is 34.5 Å². The lowest BCUT2D eigenvalue weighted by Crippen LogP contribution is -2.21. The van der Waals surface area contributed by atoms with Crippen LogP contribution in [0.4, 0.5) is 18.9 Å². The number of anilines is 1. The van der Waals surface area contributed by atoms with Gasteiger partial charge in [0.1, 0.15) is 0 Å². The van der Waals surface area contributed by atoms with Crippen LogP contribution in [-0.2, 0) is 22.1 Å². The van der Waals surface area contributed by atoms with Crippen LogP contribution in [-0.4, -0.2) is 40.1 Å². The smallest absolute Gasteiger partial charge is 0.405 e. The van der Waals surface area contributed by atoms with Crippen LogP contribution in [0, 0.1) is 0 Å². The van der Waals surface area contributed by atoms with E-state index in [2.05, 4.69) is 41.3 Å². The largest absolute Gasteiger partial charge is 0.444 e. The molecule has 0 bridgehead atoms. The van der Waals surface area contributed by atoms with Crippen molar-refractivity contribution in [2.24, 2.45) is 0 Å². The Hall–Kier alpha value is -2.57. The normalized spacial score (nSPS) is 11.8. The molecular formula is C19H24ClF3N4O4S. The van der Waals surface area contributed by atoms with E-state index in [-0.39, 0.29) is 17.8 Å². The van der Waals surface area contributed by atoms with Gasteiger partial charge in [-0.25, -0.2) is 4.98 Å². The molecule has 3 N–H and O–H groups in total. The van der Waals surface area contributed by atoms with Crippen LogP contribution in [0.25, 0.3) is 11.3 Å². The number of oxazole rings is 1. The highest BCUT2D eigenvalue weighted by Crippen LogP contribution is 2.25. The highest BCUT2D eigenvalue weighted by molar-refractivity contribution is 7.85. The molecule has 0 saturated heterocycles. The van der Waals surface area contributed by atoms with Crippen LogP contribution < -0.4 is 5.32 Å². The van der Waals surface area contributed by atoms with Gasteiger partial charge in [-0.1, -0.05) is 20.8 Å². The van der Waals surface area contributed by atoms with Crippen LogP contribution in [0.1, 0.15) is 32.0 Å². The fourth-order valence-corrected chi connectivity index (χ4v) is 3.02. The Labute approximate surface area is 189 Å². The minimum absolute atomic E-state index is 0. The van der Waals surface area contributed by atoms with E-state index in [9.17, 15) is 21.6 Å². The molecule has 3 rings (SSSR count). The van der Waals surface area contributed by atoms with Gasteiger partial charge in [-0.3, -0.25) is 9.65 Å². The van der Waals surface area contributed by atoms with Crippen molar-refractivity contribution in [1.29, 1.82) is 0 Å². The number of aromatic nitrogens is 3. The maximum Gasteiger partial charge on any atom is 0.405 e. The molecule has 178 valence electrons. The number of hydrogen-bond acceptors (Lipinski definition) is 6. The Morgan fingerprint density at radius 3 is 2.19 bits per heavy atom. The molecule has 0 aliphatic rings. The molecule has 2 heterocycles. The molecule has 0 radical (unpaired) electrons. The van der Waals surface area contributed by atoms with Gasteiger partial charge in [0.05, 0.1) is 12.4 Å². The maximum atomic E-state index is 11.0. The van der Waals surface area contributed by atoms with E-state index < -0.39 is 22.0 Å². The van der Waals surface area contributed by atoms with Gasteiger partial charge in [-0.05, 0) is 24.3 Å². The SMILES string of the molecule is CC(C)(C)c1[nH]ncc1CNc1ccc(-c2cnco2)cc1.Cl.O=S(=O)(O)CC(F)(F)F. The number of aromatic amines is 1. The first kappa shape index (κ1) is 27.5. The molecule has 0 atom stereocenters. The average molecular weight is 497 g/mol. The van der Waals surface area contributed by atoms with Crippen LogP contribution >= 0.6 is 12.4 Å². The number of nitrogens with one attached hydrogen (secondary N) is 2. The summed E-state index contributed by atoms with van der Waals surface area (Å²) in [5, 5.41) is 10.7. The second-order valence-corrected chi connectivity index (χ2v) is 9.11. The molecule has 0 fully saturated rings. The number of rotatable bonds is 5. The number of nitrogens with zero attached hydrogens (tertiary/aromatic N) is 2. The fourth-order valence-electron chi connectivity index (χ4n) is 2.61. The molecule has 13 heteroatoms. The summed E-state index contributed by atoms with van der Waals surface area (Å²) >= 11 is 0. The van der Waals surface area contributed by atoms with Crippen molar-refractivity contribution >= 4 is 28.2 Å². The van der Waals surface area contributed by atoms with Gasteiger partial charge in [-0.15, -0.1) is 12.4 Å². The van der Waals surface area contributed by atoms with Crippen molar-refractivity contribution in [2.75, 3.05) is 11.1 Å². The van der Waals surface area contributed by atoms with Gasteiger partial charge < -0.3 is 9.73 Å². The molecule has 3 aromatic rings. The van der Waals surface area contributed by atoms with E-state index in [1.807, 2.05) is 30.5 Å². The van der Waals surface area contributed by atoms with Crippen molar-refractivity contribution < 1.29 is 30.6 Å². The summed E-state index contributed by atoms with van der Waals surface area (Å²) in [4.78, 5) is 3.93. The lowest BCUT2D eigenvalue weighted by atomic mass is 9.89.